The standard InChI is InChI=1S/C21H24N2O4/c1-5-6-7-10-23-20(24)16(14(2)17(13-22)21(23)25)11-15-8-9-18(26-3)19(12-15)27-4/h8-9,11-12H,5-7,10H2,1-4H3. The molecule has 1 aliphatic heterocycles. The molecule has 0 bridgehead atoms. The lowest BCUT2D eigenvalue weighted by molar-refractivity contribution is -0.140. The number of benzene rings is 1. The Balaban J connectivity index is 2.48. The van der Waals surface area contributed by atoms with Gasteiger partial charge in [-0.05, 0) is 42.7 Å². The van der Waals surface area contributed by atoms with Crippen LogP contribution in [0.1, 0.15) is 38.7 Å². The van der Waals surface area contributed by atoms with Crippen LogP contribution in [0.5, 0.6) is 11.5 Å². The fourth-order valence-corrected chi connectivity index (χ4v) is 2.96. The SMILES string of the molecule is CCCCCN1C(=O)C(=Cc2ccc(OC)c(OC)c2)C(C)=C(C#N)C1=O. The number of carbonyl (C=O) groups is 2. The smallest absolute Gasteiger partial charge is 0.271 e. The zero-order chi connectivity index (χ0) is 20.0. The van der Waals surface area contributed by atoms with Crippen molar-refractivity contribution in [3.05, 3.63) is 40.5 Å². The summed E-state index contributed by atoms with van der Waals surface area (Å²) < 4.78 is 10.5. The monoisotopic (exact) mass is 368 g/mol. The number of nitriles is 1. The summed E-state index contributed by atoms with van der Waals surface area (Å²) in [6, 6.07) is 7.23. The molecule has 0 aromatic heterocycles. The fraction of sp³-hybridized carbons (Fsp3) is 0.381. The molecular weight excluding hydrogens is 344 g/mol. The Kier molecular flexibility index (Phi) is 6.78. The van der Waals surface area contributed by atoms with Crippen LogP contribution in [0.2, 0.25) is 0 Å². The summed E-state index contributed by atoms with van der Waals surface area (Å²) in [6.45, 7) is 3.99. The summed E-state index contributed by atoms with van der Waals surface area (Å²) in [6.07, 6.45) is 4.28. The van der Waals surface area contributed by atoms with Crippen molar-refractivity contribution < 1.29 is 19.1 Å². The van der Waals surface area contributed by atoms with Crippen LogP contribution in [0.4, 0.5) is 0 Å². The number of unbranched alkanes of at least 4 members (excludes halogenated alkanes) is 2. The van der Waals surface area contributed by atoms with E-state index >= 15 is 0 Å². The highest BCUT2D eigenvalue weighted by Gasteiger charge is 2.34. The number of imide groups is 1. The van der Waals surface area contributed by atoms with Crippen molar-refractivity contribution >= 4 is 17.9 Å². The first-order chi connectivity index (χ1) is 13.0. The second-order valence-electron chi connectivity index (χ2n) is 6.25. The van der Waals surface area contributed by atoms with E-state index in [1.165, 1.54) is 12.0 Å². The van der Waals surface area contributed by atoms with Gasteiger partial charge in [0.1, 0.15) is 11.6 Å². The highest BCUT2D eigenvalue weighted by molar-refractivity contribution is 6.19. The molecule has 6 heteroatoms. The van der Waals surface area contributed by atoms with Crippen LogP contribution < -0.4 is 9.47 Å². The van der Waals surface area contributed by atoms with Gasteiger partial charge in [-0.3, -0.25) is 14.5 Å². The molecule has 2 amide bonds. The molecule has 27 heavy (non-hydrogen) atoms. The molecule has 0 fully saturated rings. The number of carbonyl (C=O) groups excluding carboxylic acids is 2. The Hall–Kier alpha value is -3.07. The third-order valence-corrected chi connectivity index (χ3v) is 4.53. The molecule has 1 aromatic carbocycles. The quantitative estimate of drug-likeness (QED) is 0.418. The Labute approximate surface area is 159 Å². The van der Waals surface area contributed by atoms with E-state index in [9.17, 15) is 14.9 Å². The van der Waals surface area contributed by atoms with E-state index in [1.54, 1.807) is 38.3 Å². The molecule has 0 aliphatic carbocycles. The summed E-state index contributed by atoms with van der Waals surface area (Å²) in [5.74, 6) is 0.229. The lowest BCUT2D eigenvalue weighted by Crippen LogP contribution is -2.43. The highest BCUT2D eigenvalue weighted by Crippen LogP contribution is 2.31. The fourth-order valence-electron chi connectivity index (χ4n) is 2.96. The normalized spacial score (nSPS) is 16.0. The van der Waals surface area contributed by atoms with Crippen molar-refractivity contribution in [2.24, 2.45) is 0 Å². The van der Waals surface area contributed by atoms with Gasteiger partial charge >= 0.3 is 0 Å². The van der Waals surface area contributed by atoms with Gasteiger partial charge < -0.3 is 9.47 Å². The van der Waals surface area contributed by atoms with Crippen LogP contribution in [0, 0.1) is 11.3 Å². The average molecular weight is 368 g/mol. The first kappa shape index (κ1) is 20.2. The molecule has 142 valence electrons. The van der Waals surface area contributed by atoms with E-state index in [-0.39, 0.29) is 11.5 Å². The van der Waals surface area contributed by atoms with Crippen LogP contribution in [0.3, 0.4) is 0 Å². The minimum atomic E-state index is -0.513. The second kappa shape index (κ2) is 9.04. The van der Waals surface area contributed by atoms with Crippen LogP contribution >= 0.6 is 0 Å². The van der Waals surface area contributed by atoms with Gasteiger partial charge in [0.2, 0.25) is 0 Å². The van der Waals surface area contributed by atoms with Crippen molar-refractivity contribution in [1.82, 2.24) is 4.90 Å². The number of hydrogen-bond acceptors (Lipinski definition) is 5. The maximum Gasteiger partial charge on any atom is 0.271 e. The van der Waals surface area contributed by atoms with Gasteiger partial charge in [0.15, 0.2) is 11.5 Å². The molecule has 0 spiro atoms. The molecule has 0 saturated carbocycles. The second-order valence-corrected chi connectivity index (χ2v) is 6.25. The Morgan fingerprint density at radius 1 is 1.11 bits per heavy atom. The molecule has 1 aromatic rings. The number of nitrogens with zero attached hydrogens (tertiary/aromatic N) is 2. The Bertz CT molecular complexity index is 846. The van der Waals surface area contributed by atoms with Crippen molar-refractivity contribution in [3.63, 3.8) is 0 Å². The molecule has 0 unspecified atom stereocenters. The van der Waals surface area contributed by atoms with Gasteiger partial charge in [-0.1, -0.05) is 25.8 Å². The van der Waals surface area contributed by atoms with Gasteiger partial charge in [-0.15, -0.1) is 0 Å². The van der Waals surface area contributed by atoms with E-state index < -0.39 is 5.91 Å². The third-order valence-electron chi connectivity index (χ3n) is 4.53. The van der Waals surface area contributed by atoms with Gasteiger partial charge in [-0.25, -0.2) is 0 Å². The van der Waals surface area contributed by atoms with Crippen molar-refractivity contribution in [2.75, 3.05) is 20.8 Å². The van der Waals surface area contributed by atoms with Crippen molar-refractivity contribution in [2.45, 2.75) is 33.1 Å². The molecule has 1 heterocycles. The zero-order valence-electron chi connectivity index (χ0n) is 16.2. The number of ether oxygens (including phenoxy) is 2. The van der Waals surface area contributed by atoms with Crippen LogP contribution in [-0.2, 0) is 9.59 Å². The minimum Gasteiger partial charge on any atom is -0.493 e. The molecule has 0 radical (unpaired) electrons. The van der Waals surface area contributed by atoms with Crippen LogP contribution in [-0.4, -0.2) is 37.5 Å². The zero-order valence-corrected chi connectivity index (χ0v) is 16.2. The van der Waals surface area contributed by atoms with Crippen molar-refractivity contribution in [1.29, 1.82) is 5.26 Å². The van der Waals surface area contributed by atoms with Gasteiger partial charge in [0.05, 0.1) is 14.2 Å². The minimum absolute atomic E-state index is 0.0119. The van der Waals surface area contributed by atoms with E-state index in [0.717, 1.165) is 24.8 Å². The lowest BCUT2D eigenvalue weighted by Gasteiger charge is -2.27. The maximum absolute atomic E-state index is 12.9. The lowest BCUT2D eigenvalue weighted by atomic mass is 9.93. The average Bonchev–Trinajstić information content (AvgIpc) is 2.68. The van der Waals surface area contributed by atoms with Crippen LogP contribution in [0.15, 0.2) is 34.9 Å². The van der Waals surface area contributed by atoms with Gasteiger partial charge in [0, 0.05) is 12.1 Å². The highest BCUT2D eigenvalue weighted by atomic mass is 16.5. The van der Waals surface area contributed by atoms with Gasteiger partial charge in [0.25, 0.3) is 11.8 Å². The largest absolute Gasteiger partial charge is 0.493 e. The summed E-state index contributed by atoms with van der Waals surface area (Å²) >= 11 is 0. The summed E-state index contributed by atoms with van der Waals surface area (Å²) in [4.78, 5) is 26.6. The first-order valence-electron chi connectivity index (χ1n) is 8.89. The number of amides is 2. The molecule has 1 aliphatic rings. The summed E-state index contributed by atoms with van der Waals surface area (Å²) in [7, 11) is 3.08. The number of rotatable bonds is 7. The van der Waals surface area contributed by atoms with E-state index in [1.807, 2.05) is 13.0 Å². The van der Waals surface area contributed by atoms with E-state index in [4.69, 9.17) is 9.47 Å². The van der Waals surface area contributed by atoms with Crippen LogP contribution in [0.25, 0.3) is 6.08 Å². The maximum atomic E-state index is 12.9. The first-order valence-corrected chi connectivity index (χ1v) is 8.89. The molecular formula is C21H24N2O4. The Morgan fingerprint density at radius 3 is 2.41 bits per heavy atom. The molecule has 0 N–H and O–H groups in total. The predicted molar refractivity (Wildman–Crippen MR) is 102 cm³/mol. The predicted octanol–water partition coefficient (Wildman–Crippen LogP) is 3.49. The number of hydrogen-bond donors (Lipinski definition) is 0. The topological polar surface area (TPSA) is 79.6 Å². The molecule has 0 saturated heterocycles. The molecule has 0 atom stereocenters. The summed E-state index contributed by atoms with van der Waals surface area (Å²) in [5, 5.41) is 9.41. The van der Waals surface area contributed by atoms with Gasteiger partial charge in [-0.2, -0.15) is 5.26 Å². The number of methoxy groups -OCH3 is 2. The molecule has 6 nitrogen and oxygen atoms in total. The van der Waals surface area contributed by atoms with E-state index in [2.05, 4.69) is 0 Å². The molecule has 2 rings (SSSR count). The summed E-state index contributed by atoms with van der Waals surface area (Å²) in [5.41, 5.74) is 1.47. The van der Waals surface area contributed by atoms with E-state index in [0.29, 0.717) is 29.2 Å². The Morgan fingerprint density at radius 2 is 1.81 bits per heavy atom. The van der Waals surface area contributed by atoms with Crippen molar-refractivity contribution in [3.8, 4) is 17.6 Å². The third kappa shape index (κ3) is 4.20.